The number of pyridine rings is 1. The number of rotatable bonds is 7. The van der Waals surface area contributed by atoms with Crippen LogP contribution < -0.4 is 5.73 Å². The lowest BCUT2D eigenvalue weighted by Gasteiger charge is -2.22. The van der Waals surface area contributed by atoms with E-state index in [-0.39, 0.29) is 17.6 Å². The third-order valence-corrected chi connectivity index (χ3v) is 3.60. The predicted molar refractivity (Wildman–Crippen MR) is 78.4 cm³/mol. The molecule has 0 aliphatic carbocycles. The van der Waals surface area contributed by atoms with Crippen LogP contribution in [-0.4, -0.2) is 31.4 Å². The van der Waals surface area contributed by atoms with Gasteiger partial charge >= 0.3 is 0 Å². The van der Waals surface area contributed by atoms with Crippen molar-refractivity contribution >= 4 is 11.6 Å². The number of H-pyrrole nitrogens is 1. The second kappa shape index (κ2) is 6.92. The van der Waals surface area contributed by atoms with Gasteiger partial charge in [-0.15, -0.1) is 10.2 Å². The van der Waals surface area contributed by atoms with Gasteiger partial charge in [0.05, 0.1) is 0 Å². The van der Waals surface area contributed by atoms with Gasteiger partial charge < -0.3 is 5.73 Å². The number of aromatic nitrogens is 5. The Morgan fingerprint density at radius 1 is 1.48 bits per heavy atom. The van der Waals surface area contributed by atoms with Gasteiger partial charge in [-0.05, 0) is 37.5 Å². The average molecular weight is 288 g/mol. The zero-order valence-electron chi connectivity index (χ0n) is 12.3. The molecule has 7 heteroatoms. The number of aromatic amines is 1. The molecule has 0 amide bonds. The fourth-order valence-corrected chi connectivity index (χ4v) is 2.61. The van der Waals surface area contributed by atoms with Crippen LogP contribution in [0.4, 0.5) is 5.82 Å². The number of hydrogen-bond acceptors (Lipinski definition) is 6. The summed E-state index contributed by atoms with van der Waals surface area (Å²) in [5, 5.41) is 14.2. The summed E-state index contributed by atoms with van der Waals surface area (Å²) in [6, 6.07) is 3.71. The van der Waals surface area contributed by atoms with Crippen LogP contribution in [0.15, 0.2) is 18.3 Å². The first-order chi connectivity index (χ1) is 10.1. The van der Waals surface area contributed by atoms with Crippen molar-refractivity contribution in [2.24, 2.45) is 5.92 Å². The Hall–Kier alpha value is -2.31. The van der Waals surface area contributed by atoms with Gasteiger partial charge in [-0.2, -0.15) is 5.21 Å². The quantitative estimate of drug-likeness (QED) is 0.799. The van der Waals surface area contributed by atoms with Gasteiger partial charge in [0.15, 0.2) is 5.82 Å². The summed E-state index contributed by atoms with van der Waals surface area (Å²) in [6.07, 6.45) is 4.03. The van der Waals surface area contributed by atoms with Crippen molar-refractivity contribution in [2.75, 3.05) is 5.73 Å². The summed E-state index contributed by atoms with van der Waals surface area (Å²) in [4.78, 5) is 16.0. The molecule has 2 heterocycles. The fourth-order valence-electron chi connectivity index (χ4n) is 2.61. The summed E-state index contributed by atoms with van der Waals surface area (Å²) in [5.74, 6) is 0.951. The second-order valence-corrected chi connectivity index (χ2v) is 5.18. The van der Waals surface area contributed by atoms with Crippen molar-refractivity contribution in [3.8, 4) is 0 Å². The maximum Gasteiger partial charge on any atom is 0.178 e. The molecule has 0 aliphatic heterocycles. The lowest BCUT2D eigenvalue weighted by Crippen LogP contribution is -2.23. The number of nitrogens with one attached hydrogen (secondary N) is 1. The monoisotopic (exact) mass is 288 g/mol. The highest BCUT2D eigenvalue weighted by Gasteiger charge is 2.29. The molecule has 3 N–H and O–H groups in total. The third kappa shape index (κ3) is 3.84. The summed E-state index contributed by atoms with van der Waals surface area (Å²) in [7, 11) is 0. The Kier molecular flexibility index (Phi) is 4.97. The number of nitrogens with two attached hydrogens (primary N) is 1. The van der Waals surface area contributed by atoms with Gasteiger partial charge in [-0.25, -0.2) is 4.98 Å². The molecule has 0 spiro atoms. The van der Waals surface area contributed by atoms with Crippen molar-refractivity contribution in [1.82, 2.24) is 25.6 Å². The molecule has 2 atom stereocenters. The molecule has 0 aliphatic rings. The van der Waals surface area contributed by atoms with Gasteiger partial charge in [0.1, 0.15) is 11.6 Å². The highest BCUT2D eigenvalue weighted by atomic mass is 16.1. The number of nitrogen functional groups attached to an aromatic ring is 1. The largest absolute Gasteiger partial charge is 0.384 e. The Balaban J connectivity index is 2.30. The predicted octanol–water partition coefficient (Wildman–Crippen LogP) is 1.51. The summed E-state index contributed by atoms with van der Waals surface area (Å²) in [5.41, 5.74) is 6.73. The molecule has 0 radical (unpaired) electrons. The maximum absolute atomic E-state index is 12.0. The van der Waals surface area contributed by atoms with Crippen molar-refractivity contribution in [3.05, 3.63) is 29.7 Å². The first-order valence-electron chi connectivity index (χ1n) is 7.06. The molecule has 7 nitrogen and oxygen atoms in total. The van der Waals surface area contributed by atoms with E-state index in [1.807, 2.05) is 12.1 Å². The lowest BCUT2D eigenvalue weighted by molar-refractivity contribution is -0.121. The van der Waals surface area contributed by atoms with Crippen LogP contribution in [0.5, 0.6) is 0 Å². The molecule has 0 aromatic carbocycles. The number of hydrogen-bond donors (Lipinski definition) is 2. The van der Waals surface area contributed by atoms with Crippen molar-refractivity contribution in [3.63, 3.8) is 0 Å². The van der Waals surface area contributed by atoms with Gasteiger partial charge in [-0.1, -0.05) is 18.6 Å². The van der Waals surface area contributed by atoms with Crippen LogP contribution in [0.2, 0.25) is 0 Å². The third-order valence-electron chi connectivity index (χ3n) is 3.60. The molecule has 0 fully saturated rings. The molecule has 0 saturated heterocycles. The summed E-state index contributed by atoms with van der Waals surface area (Å²) < 4.78 is 0. The van der Waals surface area contributed by atoms with Crippen LogP contribution in [0.1, 0.15) is 44.0 Å². The molecular weight excluding hydrogens is 268 g/mol. The molecule has 2 aromatic heterocycles. The molecule has 0 saturated carbocycles. The van der Waals surface area contributed by atoms with Crippen LogP contribution in [-0.2, 0) is 11.2 Å². The zero-order valence-corrected chi connectivity index (χ0v) is 12.3. The first kappa shape index (κ1) is 15.1. The van der Waals surface area contributed by atoms with E-state index in [9.17, 15) is 4.79 Å². The number of anilines is 1. The number of carbonyl (C=O) groups is 1. The van der Waals surface area contributed by atoms with E-state index in [2.05, 4.69) is 32.5 Å². The number of tetrazole rings is 1. The Labute approximate surface area is 123 Å². The van der Waals surface area contributed by atoms with Crippen molar-refractivity contribution in [1.29, 1.82) is 0 Å². The Morgan fingerprint density at radius 3 is 2.86 bits per heavy atom. The Bertz CT molecular complexity index is 583. The minimum absolute atomic E-state index is 0.108. The minimum atomic E-state index is -0.123. The SMILES string of the molecule is CCC[C@H](C(C)=O)[C@H](Cc1ccnc(N)c1)c1nn[nH]n1. The van der Waals surface area contributed by atoms with E-state index in [4.69, 9.17) is 5.73 Å². The van der Waals surface area contributed by atoms with E-state index < -0.39 is 0 Å². The second-order valence-electron chi connectivity index (χ2n) is 5.18. The topological polar surface area (TPSA) is 110 Å². The molecule has 2 rings (SSSR count). The molecule has 0 unspecified atom stereocenters. The van der Waals surface area contributed by atoms with E-state index in [0.717, 1.165) is 18.4 Å². The van der Waals surface area contributed by atoms with Gasteiger partial charge in [0, 0.05) is 18.0 Å². The zero-order chi connectivity index (χ0) is 15.2. The standard InChI is InChI=1S/C14H20N6O/c1-3-4-11(9(2)21)12(14-17-19-20-18-14)7-10-5-6-16-13(15)8-10/h5-6,8,11-12H,3-4,7H2,1-2H3,(H2,15,16)(H,17,18,19,20)/t11-,12+/m1/s1. The van der Waals surface area contributed by atoms with E-state index in [0.29, 0.717) is 18.1 Å². The molecular formula is C14H20N6O. The number of carbonyl (C=O) groups excluding carboxylic acids is 1. The summed E-state index contributed by atoms with van der Waals surface area (Å²) >= 11 is 0. The van der Waals surface area contributed by atoms with Crippen LogP contribution in [0, 0.1) is 5.92 Å². The van der Waals surface area contributed by atoms with E-state index in [1.165, 1.54) is 0 Å². The average Bonchev–Trinajstić information content (AvgIpc) is 2.96. The van der Waals surface area contributed by atoms with Crippen LogP contribution in [0.25, 0.3) is 0 Å². The fraction of sp³-hybridized carbons (Fsp3) is 0.500. The highest BCUT2D eigenvalue weighted by Crippen LogP contribution is 2.30. The van der Waals surface area contributed by atoms with Crippen LogP contribution >= 0.6 is 0 Å². The molecule has 112 valence electrons. The van der Waals surface area contributed by atoms with Gasteiger partial charge in [-0.3, -0.25) is 4.79 Å². The van der Waals surface area contributed by atoms with Crippen molar-refractivity contribution in [2.45, 2.75) is 39.0 Å². The normalized spacial score (nSPS) is 13.8. The maximum atomic E-state index is 12.0. The van der Waals surface area contributed by atoms with E-state index >= 15 is 0 Å². The number of ketones is 1. The minimum Gasteiger partial charge on any atom is -0.384 e. The van der Waals surface area contributed by atoms with Gasteiger partial charge in [0.25, 0.3) is 0 Å². The Morgan fingerprint density at radius 2 is 2.29 bits per heavy atom. The molecule has 21 heavy (non-hydrogen) atoms. The number of nitrogens with zero attached hydrogens (tertiary/aromatic N) is 4. The van der Waals surface area contributed by atoms with Gasteiger partial charge in [0.2, 0.25) is 0 Å². The number of Topliss-reactive ketones (excluding diaryl/α,β-unsaturated/α-hetero) is 1. The molecule has 2 aromatic rings. The van der Waals surface area contributed by atoms with Crippen molar-refractivity contribution < 1.29 is 4.79 Å². The highest BCUT2D eigenvalue weighted by molar-refractivity contribution is 5.79. The summed E-state index contributed by atoms with van der Waals surface area (Å²) in [6.45, 7) is 3.68. The molecule has 0 bridgehead atoms. The first-order valence-corrected chi connectivity index (χ1v) is 7.06. The van der Waals surface area contributed by atoms with E-state index in [1.54, 1.807) is 13.1 Å². The lowest BCUT2D eigenvalue weighted by atomic mass is 9.81. The smallest absolute Gasteiger partial charge is 0.178 e. The van der Waals surface area contributed by atoms with Crippen LogP contribution in [0.3, 0.4) is 0 Å².